The van der Waals surface area contributed by atoms with E-state index in [4.69, 9.17) is 5.73 Å². The highest BCUT2D eigenvalue weighted by atomic mass is 16.2. The number of rotatable bonds is 7. The second-order valence-corrected chi connectivity index (χ2v) is 5.26. The summed E-state index contributed by atoms with van der Waals surface area (Å²) >= 11 is 0. The lowest BCUT2D eigenvalue weighted by Crippen LogP contribution is -2.47. The molecule has 16 heavy (non-hydrogen) atoms. The van der Waals surface area contributed by atoms with Gasteiger partial charge in [-0.1, -0.05) is 26.2 Å². The van der Waals surface area contributed by atoms with E-state index < -0.39 is 0 Å². The zero-order valence-electron chi connectivity index (χ0n) is 10.8. The van der Waals surface area contributed by atoms with Crippen molar-refractivity contribution >= 4 is 5.91 Å². The molecule has 0 aliphatic heterocycles. The molecule has 1 aliphatic carbocycles. The van der Waals surface area contributed by atoms with Gasteiger partial charge in [0.05, 0.1) is 0 Å². The van der Waals surface area contributed by atoms with Crippen LogP contribution < -0.4 is 5.73 Å². The van der Waals surface area contributed by atoms with Crippen LogP contribution in [0, 0.1) is 5.41 Å². The second kappa shape index (κ2) is 6.24. The first-order valence-electron chi connectivity index (χ1n) is 6.57. The van der Waals surface area contributed by atoms with Crippen molar-refractivity contribution in [1.29, 1.82) is 0 Å². The largest absolute Gasteiger partial charge is 0.345 e. The molecule has 0 bridgehead atoms. The standard InChI is InChI=1S/C13H26N2O/c1-3-4-5-7-12(16)15(2)11-13(10-14)8-6-9-13/h3-11,14H2,1-2H3. The Kier molecular flexibility index (Phi) is 5.26. The first-order chi connectivity index (χ1) is 7.63. The number of nitrogens with zero attached hydrogens (tertiary/aromatic N) is 1. The van der Waals surface area contributed by atoms with Gasteiger partial charge in [-0.05, 0) is 25.8 Å². The van der Waals surface area contributed by atoms with Crippen LogP contribution in [0.1, 0.15) is 51.9 Å². The average molecular weight is 226 g/mol. The summed E-state index contributed by atoms with van der Waals surface area (Å²) in [7, 11) is 1.92. The molecule has 0 unspecified atom stereocenters. The molecule has 3 heteroatoms. The molecule has 1 amide bonds. The molecule has 1 fully saturated rings. The van der Waals surface area contributed by atoms with Crippen molar-refractivity contribution < 1.29 is 4.79 Å². The third-order valence-corrected chi connectivity index (χ3v) is 3.84. The summed E-state index contributed by atoms with van der Waals surface area (Å²) in [4.78, 5) is 13.7. The molecule has 1 saturated carbocycles. The molecular weight excluding hydrogens is 200 g/mol. The highest BCUT2D eigenvalue weighted by Gasteiger charge is 2.37. The molecule has 3 nitrogen and oxygen atoms in total. The number of nitrogens with two attached hydrogens (primary N) is 1. The quantitative estimate of drug-likeness (QED) is 0.676. The van der Waals surface area contributed by atoms with Crippen LogP contribution in [0.15, 0.2) is 0 Å². The first kappa shape index (κ1) is 13.5. The van der Waals surface area contributed by atoms with E-state index in [1.165, 1.54) is 25.7 Å². The van der Waals surface area contributed by atoms with Gasteiger partial charge in [0.25, 0.3) is 0 Å². The number of amides is 1. The maximum absolute atomic E-state index is 11.8. The van der Waals surface area contributed by atoms with Gasteiger partial charge in [-0.2, -0.15) is 0 Å². The number of carbonyl (C=O) groups excluding carboxylic acids is 1. The molecule has 0 aromatic heterocycles. The molecule has 1 aliphatic rings. The van der Waals surface area contributed by atoms with Gasteiger partial charge in [-0.25, -0.2) is 0 Å². The molecule has 0 heterocycles. The van der Waals surface area contributed by atoms with Crippen molar-refractivity contribution in [2.24, 2.45) is 11.1 Å². The molecule has 0 saturated heterocycles. The average Bonchev–Trinajstić information content (AvgIpc) is 2.23. The molecule has 2 N–H and O–H groups in total. The Morgan fingerprint density at radius 2 is 2.06 bits per heavy atom. The van der Waals surface area contributed by atoms with Crippen LogP contribution in [-0.2, 0) is 4.79 Å². The molecule has 94 valence electrons. The smallest absolute Gasteiger partial charge is 0.222 e. The minimum Gasteiger partial charge on any atom is -0.345 e. The fourth-order valence-corrected chi connectivity index (χ4v) is 2.41. The maximum atomic E-state index is 11.8. The predicted octanol–water partition coefficient (Wildman–Crippen LogP) is 2.15. The number of hydrogen-bond acceptors (Lipinski definition) is 2. The van der Waals surface area contributed by atoms with Gasteiger partial charge in [-0.15, -0.1) is 0 Å². The summed E-state index contributed by atoms with van der Waals surface area (Å²) < 4.78 is 0. The summed E-state index contributed by atoms with van der Waals surface area (Å²) in [5.41, 5.74) is 6.05. The van der Waals surface area contributed by atoms with Gasteiger partial charge in [-0.3, -0.25) is 4.79 Å². The lowest BCUT2D eigenvalue weighted by atomic mass is 9.68. The maximum Gasteiger partial charge on any atom is 0.222 e. The van der Waals surface area contributed by atoms with Crippen molar-refractivity contribution in [3.05, 3.63) is 0 Å². The van der Waals surface area contributed by atoms with Crippen molar-refractivity contribution in [2.45, 2.75) is 51.9 Å². The van der Waals surface area contributed by atoms with Crippen LogP contribution >= 0.6 is 0 Å². The fraction of sp³-hybridized carbons (Fsp3) is 0.923. The van der Waals surface area contributed by atoms with Crippen molar-refractivity contribution in [3.8, 4) is 0 Å². The van der Waals surface area contributed by atoms with Crippen molar-refractivity contribution in [1.82, 2.24) is 4.90 Å². The summed E-state index contributed by atoms with van der Waals surface area (Å²) in [5.74, 6) is 0.285. The van der Waals surface area contributed by atoms with E-state index >= 15 is 0 Å². The highest BCUT2D eigenvalue weighted by Crippen LogP contribution is 2.40. The van der Waals surface area contributed by atoms with Crippen LogP contribution in [0.25, 0.3) is 0 Å². The van der Waals surface area contributed by atoms with Gasteiger partial charge in [0.15, 0.2) is 0 Å². The molecule has 0 radical (unpaired) electrons. The van der Waals surface area contributed by atoms with Crippen LogP contribution in [0.5, 0.6) is 0 Å². The molecule has 0 spiro atoms. The Bertz CT molecular complexity index is 218. The zero-order chi connectivity index (χ0) is 12.0. The summed E-state index contributed by atoms with van der Waals surface area (Å²) in [6.45, 7) is 3.74. The molecule has 1 rings (SSSR count). The van der Waals surface area contributed by atoms with Gasteiger partial charge >= 0.3 is 0 Å². The Labute approximate surface area is 99.4 Å². The van der Waals surface area contributed by atoms with E-state index in [1.54, 1.807) is 0 Å². The topological polar surface area (TPSA) is 46.3 Å². The van der Waals surface area contributed by atoms with Gasteiger partial charge < -0.3 is 10.6 Å². The molecular formula is C13H26N2O. The van der Waals surface area contributed by atoms with Gasteiger partial charge in [0, 0.05) is 25.4 Å². The monoisotopic (exact) mass is 226 g/mol. The third-order valence-electron chi connectivity index (χ3n) is 3.84. The fourth-order valence-electron chi connectivity index (χ4n) is 2.41. The van der Waals surface area contributed by atoms with E-state index in [0.29, 0.717) is 6.42 Å². The minimum atomic E-state index is 0.245. The van der Waals surface area contributed by atoms with E-state index in [-0.39, 0.29) is 11.3 Å². The Hall–Kier alpha value is -0.570. The van der Waals surface area contributed by atoms with Crippen molar-refractivity contribution in [3.63, 3.8) is 0 Å². The van der Waals surface area contributed by atoms with E-state index in [9.17, 15) is 4.79 Å². The number of unbranched alkanes of at least 4 members (excludes halogenated alkanes) is 2. The Balaban J connectivity index is 2.27. The van der Waals surface area contributed by atoms with Gasteiger partial charge in [0.2, 0.25) is 5.91 Å². The second-order valence-electron chi connectivity index (χ2n) is 5.26. The number of hydrogen-bond donors (Lipinski definition) is 1. The lowest BCUT2D eigenvalue weighted by Gasteiger charge is -2.43. The van der Waals surface area contributed by atoms with E-state index in [0.717, 1.165) is 25.9 Å². The van der Waals surface area contributed by atoms with Crippen molar-refractivity contribution in [2.75, 3.05) is 20.1 Å². The molecule has 0 aromatic carbocycles. The molecule has 0 aromatic rings. The van der Waals surface area contributed by atoms with Crippen LogP contribution in [0.3, 0.4) is 0 Å². The first-order valence-corrected chi connectivity index (χ1v) is 6.57. The van der Waals surface area contributed by atoms with Crippen LogP contribution in [0.4, 0.5) is 0 Å². The Morgan fingerprint density at radius 3 is 2.50 bits per heavy atom. The number of carbonyl (C=O) groups is 1. The summed E-state index contributed by atoms with van der Waals surface area (Å²) in [6, 6.07) is 0. The Morgan fingerprint density at radius 1 is 1.38 bits per heavy atom. The summed E-state index contributed by atoms with van der Waals surface area (Å²) in [6.07, 6.45) is 7.70. The highest BCUT2D eigenvalue weighted by molar-refractivity contribution is 5.75. The van der Waals surface area contributed by atoms with E-state index in [2.05, 4.69) is 6.92 Å². The predicted molar refractivity (Wildman–Crippen MR) is 67.1 cm³/mol. The third kappa shape index (κ3) is 3.48. The summed E-state index contributed by atoms with van der Waals surface area (Å²) in [5, 5.41) is 0. The lowest BCUT2D eigenvalue weighted by molar-refractivity contribution is -0.132. The van der Waals surface area contributed by atoms with Crippen LogP contribution in [-0.4, -0.2) is 30.9 Å². The molecule has 0 atom stereocenters. The minimum absolute atomic E-state index is 0.245. The van der Waals surface area contributed by atoms with Crippen LogP contribution in [0.2, 0.25) is 0 Å². The van der Waals surface area contributed by atoms with Gasteiger partial charge in [0.1, 0.15) is 0 Å². The zero-order valence-corrected chi connectivity index (χ0v) is 10.8. The SMILES string of the molecule is CCCCCC(=O)N(C)CC1(CN)CCC1. The van der Waals surface area contributed by atoms with E-state index in [1.807, 2.05) is 11.9 Å². The normalized spacial score (nSPS) is 17.9.